The summed E-state index contributed by atoms with van der Waals surface area (Å²) in [7, 11) is 0. The fraction of sp³-hybridized carbons (Fsp3) is 0.857. The second kappa shape index (κ2) is 8.15. The van der Waals surface area contributed by atoms with E-state index in [1.807, 2.05) is 6.92 Å². The number of carbonyl (C=O) groups excluding carboxylic acids is 1. The van der Waals surface area contributed by atoms with Crippen LogP contribution in [0.15, 0.2) is 0 Å². The minimum absolute atomic E-state index is 0.0770. The highest BCUT2D eigenvalue weighted by Gasteiger charge is 2.30. The third-order valence-corrected chi connectivity index (χ3v) is 4.09. The maximum absolute atomic E-state index is 11.9. The standard InChI is InChI=1S/C14H26N2O3/c1-2-10(9-15)8-12(17)16-13(14(18)19)11-6-4-3-5-7-11/h10-11,13H,2-9,15H2,1H3,(H,16,17)(H,18,19). The van der Waals surface area contributed by atoms with E-state index in [1.165, 1.54) is 6.42 Å². The van der Waals surface area contributed by atoms with Crippen molar-refractivity contribution >= 4 is 11.9 Å². The molecule has 2 atom stereocenters. The van der Waals surface area contributed by atoms with Crippen LogP contribution in [0.5, 0.6) is 0 Å². The van der Waals surface area contributed by atoms with E-state index in [4.69, 9.17) is 5.73 Å². The molecule has 110 valence electrons. The zero-order valence-electron chi connectivity index (χ0n) is 11.7. The molecule has 1 aliphatic rings. The summed E-state index contributed by atoms with van der Waals surface area (Å²) in [6.45, 7) is 2.45. The lowest BCUT2D eigenvalue weighted by molar-refractivity contribution is -0.144. The number of nitrogens with two attached hydrogens (primary N) is 1. The SMILES string of the molecule is CCC(CN)CC(=O)NC(C(=O)O)C1CCCCC1. The molecule has 19 heavy (non-hydrogen) atoms. The van der Waals surface area contributed by atoms with Crippen molar-refractivity contribution < 1.29 is 14.7 Å². The van der Waals surface area contributed by atoms with Crippen molar-refractivity contribution in [3.63, 3.8) is 0 Å². The van der Waals surface area contributed by atoms with Crippen LogP contribution in [0, 0.1) is 11.8 Å². The monoisotopic (exact) mass is 270 g/mol. The predicted molar refractivity (Wildman–Crippen MR) is 73.6 cm³/mol. The first-order chi connectivity index (χ1) is 9.08. The van der Waals surface area contributed by atoms with E-state index in [-0.39, 0.29) is 17.7 Å². The fourth-order valence-corrected chi connectivity index (χ4v) is 2.74. The van der Waals surface area contributed by atoms with Crippen molar-refractivity contribution in [3.8, 4) is 0 Å². The van der Waals surface area contributed by atoms with E-state index in [0.717, 1.165) is 32.1 Å². The Hall–Kier alpha value is -1.10. The maximum Gasteiger partial charge on any atom is 0.326 e. The van der Waals surface area contributed by atoms with Gasteiger partial charge in [-0.3, -0.25) is 4.79 Å². The van der Waals surface area contributed by atoms with Gasteiger partial charge in [0, 0.05) is 6.42 Å². The topological polar surface area (TPSA) is 92.4 Å². The summed E-state index contributed by atoms with van der Waals surface area (Å²) in [4.78, 5) is 23.2. The number of carboxylic acid groups (broad SMARTS) is 1. The van der Waals surface area contributed by atoms with Crippen LogP contribution in [-0.4, -0.2) is 29.6 Å². The summed E-state index contributed by atoms with van der Waals surface area (Å²) in [5.41, 5.74) is 5.57. The molecule has 0 radical (unpaired) electrons. The number of hydrogen-bond acceptors (Lipinski definition) is 3. The molecule has 0 bridgehead atoms. The highest BCUT2D eigenvalue weighted by Crippen LogP contribution is 2.26. The molecule has 5 nitrogen and oxygen atoms in total. The predicted octanol–water partition coefficient (Wildman–Crippen LogP) is 1.51. The number of rotatable bonds is 7. The number of nitrogens with one attached hydrogen (secondary N) is 1. The van der Waals surface area contributed by atoms with Crippen molar-refractivity contribution in [2.24, 2.45) is 17.6 Å². The van der Waals surface area contributed by atoms with Crippen LogP contribution in [0.4, 0.5) is 0 Å². The summed E-state index contributed by atoms with van der Waals surface area (Å²) < 4.78 is 0. The van der Waals surface area contributed by atoms with Crippen LogP contribution < -0.4 is 11.1 Å². The molecule has 0 heterocycles. The maximum atomic E-state index is 11.9. The minimum atomic E-state index is -0.916. The van der Waals surface area contributed by atoms with Gasteiger partial charge < -0.3 is 16.2 Å². The van der Waals surface area contributed by atoms with Crippen molar-refractivity contribution in [3.05, 3.63) is 0 Å². The lowest BCUT2D eigenvalue weighted by Gasteiger charge is -2.28. The summed E-state index contributed by atoms with van der Waals surface area (Å²) in [6.07, 6.45) is 6.24. The number of carboxylic acids is 1. The Morgan fingerprint density at radius 3 is 2.42 bits per heavy atom. The molecule has 5 heteroatoms. The molecule has 2 unspecified atom stereocenters. The van der Waals surface area contributed by atoms with E-state index in [9.17, 15) is 14.7 Å². The Morgan fingerprint density at radius 2 is 1.95 bits per heavy atom. The quantitative estimate of drug-likeness (QED) is 0.654. The van der Waals surface area contributed by atoms with Gasteiger partial charge in [0.1, 0.15) is 6.04 Å². The van der Waals surface area contributed by atoms with Gasteiger partial charge in [-0.05, 0) is 31.2 Å². The summed E-state index contributed by atoms with van der Waals surface area (Å²) in [6, 6.07) is -0.733. The van der Waals surface area contributed by atoms with E-state index >= 15 is 0 Å². The minimum Gasteiger partial charge on any atom is -0.480 e. The van der Waals surface area contributed by atoms with E-state index in [0.29, 0.717) is 13.0 Å². The lowest BCUT2D eigenvalue weighted by atomic mass is 9.83. The normalized spacial score (nSPS) is 19.7. The largest absolute Gasteiger partial charge is 0.480 e. The molecular weight excluding hydrogens is 244 g/mol. The summed E-state index contributed by atoms with van der Waals surface area (Å²) >= 11 is 0. The zero-order chi connectivity index (χ0) is 14.3. The number of hydrogen-bond donors (Lipinski definition) is 3. The molecule has 1 aliphatic carbocycles. The molecule has 0 saturated heterocycles. The third-order valence-electron chi connectivity index (χ3n) is 4.09. The van der Waals surface area contributed by atoms with E-state index in [2.05, 4.69) is 5.32 Å². The van der Waals surface area contributed by atoms with Gasteiger partial charge in [0.2, 0.25) is 5.91 Å². The first kappa shape index (κ1) is 16.0. The van der Waals surface area contributed by atoms with Gasteiger partial charge in [0.15, 0.2) is 0 Å². The van der Waals surface area contributed by atoms with Crippen molar-refractivity contribution in [1.82, 2.24) is 5.32 Å². The molecule has 1 amide bonds. The van der Waals surface area contributed by atoms with Gasteiger partial charge in [0.25, 0.3) is 0 Å². The molecule has 1 rings (SSSR count). The average Bonchev–Trinajstić information content (AvgIpc) is 2.42. The highest BCUT2D eigenvalue weighted by molar-refractivity contribution is 5.83. The van der Waals surface area contributed by atoms with Crippen LogP contribution in [0.1, 0.15) is 51.9 Å². The van der Waals surface area contributed by atoms with Crippen LogP contribution in [0.25, 0.3) is 0 Å². The number of aliphatic carboxylic acids is 1. The highest BCUT2D eigenvalue weighted by atomic mass is 16.4. The van der Waals surface area contributed by atoms with Crippen LogP contribution in [0.3, 0.4) is 0 Å². The Morgan fingerprint density at radius 1 is 1.32 bits per heavy atom. The van der Waals surface area contributed by atoms with Gasteiger partial charge in [-0.25, -0.2) is 4.79 Å². The zero-order valence-corrected chi connectivity index (χ0v) is 11.7. The summed E-state index contributed by atoms with van der Waals surface area (Å²) in [5, 5.41) is 12.0. The fourth-order valence-electron chi connectivity index (χ4n) is 2.74. The van der Waals surface area contributed by atoms with Crippen molar-refractivity contribution in [1.29, 1.82) is 0 Å². The van der Waals surface area contributed by atoms with Crippen molar-refractivity contribution in [2.45, 2.75) is 57.9 Å². The molecular formula is C14H26N2O3. The van der Waals surface area contributed by atoms with E-state index in [1.54, 1.807) is 0 Å². The Labute approximate surface area is 114 Å². The summed E-state index contributed by atoms with van der Waals surface area (Å²) in [5.74, 6) is -0.884. The smallest absolute Gasteiger partial charge is 0.326 e. The number of amides is 1. The van der Waals surface area contributed by atoms with Gasteiger partial charge >= 0.3 is 5.97 Å². The molecule has 1 fully saturated rings. The molecule has 0 aromatic rings. The molecule has 4 N–H and O–H groups in total. The first-order valence-electron chi connectivity index (χ1n) is 7.30. The lowest BCUT2D eigenvalue weighted by Crippen LogP contribution is -2.47. The first-order valence-corrected chi connectivity index (χ1v) is 7.30. The molecule has 0 aliphatic heterocycles. The van der Waals surface area contributed by atoms with E-state index < -0.39 is 12.0 Å². The Balaban J connectivity index is 2.52. The molecule has 0 aromatic heterocycles. The second-order valence-corrected chi connectivity index (χ2v) is 5.50. The third kappa shape index (κ3) is 5.19. The van der Waals surface area contributed by atoms with Crippen LogP contribution >= 0.6 is 0 Å². The average molecular weight is 270 g/mol. The number of carbonyl (C=O) groups is 2. The van der Waals surface area contributed by atoms with Crippen LogP contribution in [0.2, 0.25) is 0 Å². The molecule has 0 spiro atoms. The Bertz CT molecular complexity index is 297. The van der Waals surface area contributed by atoms with Crippen molar-refractivity contribution in [2.75, 3.05) is 6.54 Å². The molecule has 0 aromatic carbocycles. The molecule has 1 saturated carbocycles. The van der Waals surface area contributed by atoms with Gasteiger partial charge in [-0.15, -0.1) is 0 Å². The second-order valence-electron chi connectivity index (χ2n) is 5.50. The van der Waals surface area contributed by atoms with Gasteiger partial charge in [-0.2, -0.15) is 0 Å². The Kier molecular flexibility index (Phi) is 6.84. The van der Waals surface area contributed by atoms with Gasteiger partial charge in [0.05, 0.1) is 0 Å². The van der Waals surface area contributed by atoms with Crippen LogP contribution in [-0.2, 0) is 9.59 Å². The van der Waals surface area contributed by atoms with Gasteiger partial charge in [-0.1, -0.05) is 32.6 Å².